The summed E-state index contributed by atoms with van der Waals surface area (Å²) in [6, 6.07) is 4.78. The van der Waals surface area contributed by atoms with E-state index in [2.05, 4.69) is 10.3 Å². The fourth-order valence-corrected chi connectivity index (χ4v) is 2.93. The summed E-state index contributed by atoms with van der Waals surface area (Å²) in [5, 5.41) is 11.1. The minimum absolute atomic E-state index is 0.110. The molecule has 2 aromatic rings. The number of carbonyl (C=O) groups is 2. The van der Waals surface area contributed by atoms with Crippen LogP contribution in [0.5, 0.6) is 0 Å². The molecule has 0 spiro atoms. The largest absolute Gasteiger partial charge is 0.465 e. The molecule has 29 heavy (non-hydrogen) atoms. The number of anilines is 1. The Morgan fingerprint density at radius 1 is 1.07 bits per heavy atom. The first kappa shape index (κ1) is 20.3. The van der Waals surface area contributed by atoms with E-state index < -0.39 is 40.8 Å². The lowest BCUT2D eigenvalue weighted by molar-refractivity contribution is 0.101. The summed E-state index contributed by atoms with van der Waals surface area (Å²) in [7, 11) is 0. The van der Waals surface area contributed by atoms with E-state index in [9.17, 15) is 27.2 Å². The van der Waals surface area contributed by atoms with Crippen LogP contribution >= 0.6 is 0 Å². The van der Waals surface area contributed by atoms with Crippen LogP contribution in [0.1, 0.15) is 28.9 Å². The molecule has 152 valence electrons. The van der Waals surface area contributed by atoms with E-state index >= 15 is 0 Å². The third kappa shape index (κ3) is 4.53. The molecular weight excluding hydrogens is 394 g/mol. The molecule has 1 aliphatic rings. The van der Waals surface area contributed by atoms with Crippen molar-refractivity contribution in [3.05, 3.63) is 64.6 Å². The van der Waals surface area contributed by atoms with Gasteiger partial charge in [0.05, 0.1) is 0 Å². The van der Waals surface area contributed by atoms with Gasteiger partial charge in [0.25, 0.3) is 5.91 Å². The van der Waals surface area contributed by atoms with Crippen LogP contribution in [0, 0.1) is 17.5 Å². The number of pyridine rings is 1. The number of nitrogens with zero attached hydrogens (tertiary/aromatic N) is 2. The fourth-order valence-electron chi connectivity index (χ4n) is 2.93. The van der Waals surface area contributed by atoms with Gasteiger partial charge in [0.1, 0.15) is 40.4 Å². The number of amides is 2. The van der Waals surface area contributed by atoms with Gasteiger partial charge >= 0.3 is 6.09 Å². The average Bonchev–Trinajstić information content (AvgIpc) is 2.67. The van der Waals surface area contributed by atoms with E-state index in [0.717, 1.165) is 0 Å². The lowest BCUT2D eigenvalue weighted by Crippen LogP contribution is -2.35. The standard InChI is InChI=1S/C19H15F4N3O3/c20-11-8-12(21)16(13(22)9-11)18(27)25-15-3-1-2-14(24-15)17(23)10-4-6-26(7-5-10)19(28)29/h1-3,8-9H,4-7H2,(H,28,29)(H,24,25,27). The van der Waals surface area contributed by atoms with Gasteiger partial charge in [-0.05, 0) is 30.5 Å². The molecule has 2 N–H and O–H groups in total. The maximum absolute atomic E-state index is 14.7. The van der Waals surface area contributed by atoms with Crippen molar-refractivity contribution >= 4 is 23.6 Å². The number of carboxylic acid groups (broad SMARTS) is 1. The van der Waals surface area contributed by atoms with E-state index in [0.29, 0.717) is 17.7 Å². The number of benzene rings is 1. The molecule has 0 bridgehead atoms. The zero-order chi connectivity index (χ0) is 21.1. The van der Waals surface area contributed by atoms with Crippen LogP contribution in [0.4, 0.5) is 28.2 Å². The molecule has 1 aliphatic heterocycles. The van der Waals surface area contributed by atoms with Crippen molar-refractivity contribution in [2.75, 3.05) is 18.4 Å². The van der Waals surface area contributed by atoms with Gasteiger partial charge in [-0.15, -0.1) is 0 Å². The second-order valence-corrected chi connectivity index (χ2v) is 6.29. The Labute approximate surface area is 162 Å². The van der Waals surface area contributed by atoms with Gasteiger partial charge in [0.15, 0.2) is 0 Å². The van der Waals surface area contributed by atoms with Crippen LogP contribution in [0.15, 0.2) is 35.9 Å². The third-order valence-corrected chi connectivity index (χ3v) is 4.40. The molecule has 0 radical (unpaired) electrons. The second-order valence-electron chi connectivity index (χ2n) is 6.29. The van der Waals surface area contributed by atoms with Crippen LogP contribution < -0.4 is 5.32 Å². The number of rotatable bonds is 3. The number of aromatic nitrogens is 1. The molecule has 1 aromatic heterocycles. The third-order valence-electron chi connectivity index (χ3n) is 4.40. The van der Waals surface area contributed by atoms with Gasteiger partial charge in [-0.2, -0.15) is 0 Å². The lowest BCUT2D eigenvalue weighted by atomic mass is 10.0. The molecule has 3 rings (SSSR count). The van der Waals surface area contributed by atoms with Crippen molar-refractivity contribution in [1.82, 2.24) is 9.88 Å². The normalized spacial score (nSPS) is 13.9. The highest BCUT2D eigenvalue weighted by molar-refractivity contribution is 6.04. The summed E-state index contributed by atoms with van der Waals surface area (Å²) in [6.45, 7) is 0.301. The summed E-state index contributed by atoms with van der Waals surface area (Å²) in [4.78, 5) is 28.2. The van der Waals surface area contributed by atoms with E-state index in [1.54, 1.807) is 0 Å². The van der Waals surface area contributed by atoms with Crippen molar-refractivity contribution in [2.45, 2.75) is 12.8 Å². The Morgan fingerprint density at radius 3 is 2.28 bits per heavy atom. The van der Waals surface area contributed by atoms with Crippen LogP contribution in [-0.4, -0.2) is 40.1 Å². The molecule has 0 atom stereocenters. The fraction of sp³-hybridized carbons (Fsp3) is 0.211. The zero-order valence-electron chi connectivity index (χ0n) is 14.9. The predicted octanol–water partition coefficient (Wildman–Crippen LogP) is 4.21. The van der Waals surface area contributed by atoms with Gasteiger partial charge < -0.3 is 15.3 Å². The highest BCUT2D eigenvalue weighted by Gasteiger charge is 2.22. The Hall–Kier alpha value is -3.43. The van der Waals surface area contributed by atoms with Crippen molar-refractivity contribution in [1.29, 1.82) is 0 Å². The quantitative estimate of drug-likeness (QED) is 0.745. The van der Waals surface area contributed by atoms with Crippen LogP contribution in [0.2, 0.25) is 0 Å². The molecule has 6 nitrogen and oxygen atoms in total. The number of hydrogen-bond acceptors (Lipinski definition) is 3. The van der Waals surface area contributed by atoms with Gasteiger partial charge in [-0.3, -0.25) is 4.79 Å². The van der Waals surface area contributed by atoms with Crippen molar-refractivity contribution in [2.24, 2.45) is 0 Å². The number of nitrogens with one attached hydrogen (secondary N) is 1. The zero-order valence-corrected chi connectivity index (χ0v) is 14.9. The van der Waals surface area contributed by atoms with Gasteiger partial charge in [-0.1, -0.05) is 6.07 Å². The molecule has 0 unspecified atom stereocenters. The molecule has 0 saturated carbocycles. The Balaban J connectivity index is 1.79. The maximum atomic E-state index is 14.7. The molecule has 10 heteroatoms. The van der Waals surface area contributed by atoms with Gasteiger partial charge in [0, 0.05) is 25.2 Å². The Morgan fingerprint density at radius 2 is 1.69 bits per heavy atom. The Bertz CT molecular complexity index is 977. The van der Waals surface area contributed by atoms with E-state index in [4.69, 9.17) is 5.11 Å². The minimum atomic E-state index is -1.38. The SMILES string of the molecule is O=C(Nc1cccc(C(F)=C2CCN(C(=O)O)CC2)n1)c1c(F)cc(F)cc1F. The van der Waals surface area contributed by atoms with Crippen LogP contribution in [0.25, 0.3) is 5.83 Å². The molecule has 2 heterocycles. The molecule has 0 aliphatic carbocycles. The van der Waals surface area contributed by atoms with Crippen molar-refractivity contribution < 1.29 is 32.3 Å². The molecular formula is C19H15F4N3O3. The number of hydrogen-bond donors (Lipinski definition) is 2. The second kappa shape index (κ2) is 8.29. The number of piperidine rings is 1. The monoisotopic (exact) mass is 409 g/mol. The number of halogens is 4. The van der Waals surface area contributed by atoms with E-state index in [-0.39, 0.29) is 37.4 Å². The molecule has 1 aromatic carbocycles. The van der Waals surface area contributed by atoms with E-state index in [1.807, 2.05) is 0 Å². The van der Waals surface area contributed by atoms with Crippen LogP contribution in [0.3, 0.4) is 0 Å². The Kier molecular flexibility index (Phi) is 5.81. The highest BCUT2D eigenvalue weighted by atomic mass is 19.1. The first-order chi connectivity index (χ1) is 13.8. The molecule has 2 amide bonds. The summed E-state index contributed by atoms with van der Waals surface area (Å²) < 4.78 is 55.2. The first-order valence-electron chi connectivity index (χ1n) is 8.55. The van der Waals surface area contributed by atoms with Gasteiger partial charge in [0.2, 0.25) is 0 Å². The first-order valence-corrected chi connectivity index (χ1v) is 8.55. The molecule has 1 fully saturated rings. The van der Waals surface area contributed by atoms with Crippen molar-refractivity contribution in [3.63, 3.8) is 0 Å². The maximum Gasteiger partial charge on any atom is 0.407 e. The number of likely N-dealkylation sites (tertiary alicyclic amines) is 1. The summed E-state index contributed by atoms with van der Waals surface area (Å²) in [5.74, 6) is -5.93. The highest BCUT2D eigenvalue weighted by Crippen LogP contribution is 2.27. The van der Waals surface area contributed by atoms with Gasteiger partial charge in [-0.25, -0.2) is 27.3 Å². The number of carbonyl (C=O) groups excluding carboxylic acids is 1. The van der Waals surface area contributed by atoms with Crippen molar-refractivity contribution in [3.8, 4) is 0 Å². The molecule has 1 saturated heterocycles. The predicted molar refractivity (Wildman–Crippen MR) is 95.4 cm³/mol. The topological polar surface area (TPSA) is 82.5 Å². The summed E-state index contributed by atoms with van der Waals surface area (Å²) in [5.41, 5.74) is -0.714. The van der Waals surface area contributed by atoms with Crippen LogP contribution in [-0.2, 0) is 0 Å². The lowest BCUT2D eigenvalue weighted by Gasteiger charge is -2.26. The smallest absolute Gasteiger partial charge is 0.407 e. The summed E-state index contributed by atoms with van der Waals surface area (Å²) >= 11 is 0. The average molecular weight is 409 g/mol. The van der Waals surface area contributed by atoms with E-state index in [1.165, 1.54) is 23.1 Å². The minimum Gasteiger partial charge on any atom is -0.465 e. The summed E-state index contributed by atoms with van der Waals surface area (Å²) in [6.07, 6.45) is -0.683.